The molecule has 0 spiro atoms. The van der Waals surface area contributed by atoms with Gasteiger partial charge in [-0.2, -0.15) is 0 Å². The minimum atomic E-state index is -0.479. The van der Waals surface area contributed by atoms with Crippen LogP contribution >= 0.6 is 15.9 Å². The van der Waals surface area contributed by atoms with Crippen molar-refractivity contribution in [2.24, 2.45) is 0 Å². The van der Waals surface area contributed by atoms with Crippen LogP contribution in [0.25, 0.3) is 0 Å². The van der Waals surface area contributed by atoms with E-state index in [9.17, 15) is 10.1 Å². The third kappa shape index (κ3) is 3.03. The maximum Gasteiger partial charge on any atom is 0.311 e. The number of rotatable bonds is 4. The highest BCUT2D eigenvalue weighted by molar-refractivity contribution is 9.10. The van der Waals surface area contributed by atoms with Gasteiger partial charge >= 0.3 is 5.69 Å². The Balaban J connectivity index is 2.34. The first-order valence-corrected chi connectivity index (χ1v) is 6.16. The lowest BCUT2D eigenvalue weighted by molar-refractivity contribution is -0.385. The molecule has 2 aromatic rings. The quantitative estimate of drug-likeness (QED) is 0.626. The molecule has 2 aromatic carbocycles. The van der Waals surface area contributed by atoms with Gasteiger partial charge in [-0.1, -0.05) is 12.1 Å². The average molecular weight is 324 g/mol. The molecule has 0 aliphatic heterocycles. The normalized spacial score (nSPS) is 10.0. The average Bonchev–Trinajstić information content (AvgIpc) is 2.41. The fourth-order valence-electron chi connectivity index (χ4n) is 1.50. The van der Waals surface area contributed by atoms with Crippen molar-refractivity contribution in [3.8, 4) is 17.2 Å². The van der Waals surface area contributed by atoms with Crippen LogP contribution in [0.2, 0.25) is 0 Å². The number of halogens is 1. The van der Waals surface area contributed by atoms with Crippen LogP contribution in [0.3, 0.4) is 0 Å². The molecule has 6 heteroatoms. The van der Waals surface area contributed by atoms with Crippen molar-refractivity contribution in [1.82, 2.24) is 0 Å². The number of para-hydroxylation sites is 2. The van der Waals surface area contributed by atoms with Gasteiger partial charge in [-0.15, -0.1) is 0 Å². The molecule has 0 bridgehead atoms. The molecular formula is C13H10BrNO4. The molecule has 98 valence electrons. The number of nitro benzene ring substituents is 1. The van der Waals surface area contributed by atoms with Gasteiger partial charge in [0.1, 0.15) is 11.5 Å². The monoisotopic (exact) mass is 323 g/mol. The van der Waals surface area contributed by atoms with E-state index in [1.807, 2.05) is 0 Å². The van der Waals surface area contributed by atoms with Crippen LogP contribution in [0, 0.1) is 10.1 Å². The molecule has 0 heterocycles. The minimum Gasteiger partial charge on any atom is -0.497 e. The zero-order valence-corrected chi connectivity index (χ0v) is 11.6. The first-order chi connectivity index (χ1) is 9.11. The molecule has 0 amide bonds. The molecule has 0 fully saturated rings. The smallest absolute Gasteiger partial charge is 0.311 e. The van der Waals surface area contributed by atoms with Crippen LogP contribution in [0.15, 0.2) is 46.9 Å². The number of benzene rings is 2. The molecule has 5 nitrogen and oxygen atoms in total. The van der Waals surface area contributed by atoms with Crippen LogP contribution in [-0.4, -0.2) is 12.0 Å². The van der Waals surface area contributed by atoms with Gasteiger partial charge in [-0.25, -0.2) is 0 Å². The van der Waals surface area contributed by atoms with E-state index in [4.69, 9.17) is 9.47 Å². The fraction of sp³-hybridized carbons (Fsp3) is 0.0769. The summed E-state index contributed by atoms with van der Waals surface area (Å²) < 4.78 is 11.3. The molecule has 0 unspecified atom stereocenters. The van der Waals surface area contributed by atoms with E-state index < -0.39 is 4.92 Å². The van der Waals surface area contributed by atoms with E-state index in [1.165, 1.54) is 6.07 Å². The summed E-state index contributed by atoms with van der Waals surface area (Å²) in [5.74, 6) is 1.34. The molecule has 2 rings (SSSR count). The lowest BCUT2D eigenvalue weighted by Crippen LogP contribution is -1.93. The summed E-state index contributed by atoms with van der Waals surface area (Å²) >= 11 is 3.33. The molecule has 0 aliphatic carbocycles. The molecule has 0 saturated carbocycles. The number of ether oxygens (including phenoxy) is 2. The highest BCUT2D eigenvalue weighted by atomic mass is 79.9. The van der Waals surface area contributed by atoms with Gasteiger partial charge in [-0.05, 0) is 40.2 Å². The fourth-order valence-corrected chi connectivity index (χ4v) is 1.94. The lowest BCUT2D eigenvalue weighted by Gasteiger charge is -2.09. The summed E-state index contributed by atoms with van der Waals surface area (Å²) in [6.07, 6.45) is 0. The molecule has 0 atom stereocenters. The molecule has 0 saturated heterocycles. The Kier molecular flexibility index (Phi) is 4.01. The Labute approximate surface area is 118 Å². The van der Waals surface area contributed by atoms with Gasteiger partial charge < -0.3 is 9.47 Å². The number of nitro groups is 1. The van der Waals surface area contributed by atoms with E-state index in [0.717, 1.165) is 0 Å². The maximum absolute atomic E-state index is 10.9. The van der Waals surface area contributed by atoms with Crippen molar-refractivity contribution in [3.63, 3.8) is 0 Å². The third-order valence-corrected chi connectivity index (χ3v) is 3.04. The first kappa shape index (κ1) is 13.4. The van der Waals surface area contributed by atoms with Gasteiger partial charge in [0.15, 0.2) is 0 Å². The zero-order chi connectivity index (χ0) is 13.8. The predicted molar refractivity (Wildman–Crippen MR) is 73.9 cm³/mol. The van der Waals surface area contributed by atoms with E-state index in [2.05, 4.69) is 15.9 Å². The predicted octanol–water partition coefficient (Wildman–Crippen LogP) is 4.16. The number of methoxy groups -OCH3 is 1. The van der Waals surface area contributed by atoms with E-state index in [0.29, 0.717) is 16.0 Å². The molecule has 0 aliphatic rings. The molecule has 19 heavy (non-hydrogen) atoms. The Morgan fingerprint density at radius 1 is 1.16 bits per heavy atom. The molecule has 0 radical (unpaired) electrons. The summed E-state index contributed by atoms with van der Waals surface area (Å²) in [6.45, 7) is 0. The van der Waals surface area contributed by atoms with Gasteiger partial charge in [-0.3, -0.25) is 10.1 Å². The summed E-state index contributed by atoms with van der Waals surface area (Å²) in [5, 5.41) is 10.9. The summed E-state index contributed by atoms with van der Waals surface area (Å²) in [4.78, 5) is 10.4. The van der Waals surface area contributed by atoms with Crippen LogP contribution in [0.4, 0.5) is 5.69 Å². The number of hydrogen-bond acceptors (Lipinski definition) is 4. The second-order valence-electron chi connectivity index (χ2n) is 3.62. The Bertz CT molecular complexity index is 615. The largest absolute Gasteiger partial charge is 0.497 e. The Hall–Kier alpha value is -2.08. The summed E-state index contributed by atoms with van der Waals surface area (Å²) in [5.41, 5.74) is -0.0785. The second-order valence-corrected chi connectivity index (χ2v) is 4.48. The standard InChI is InChI=1S/C13H10BrNO4/c1-18-9-6-7-12(10(14)8-9)19-13-5-3-2-4-11(13)15(16)17/h2-8H,1H3. The van der Waals surface area contributed by atoms with E-state index >= 15 is 0 Å². The molecule has 0 aromatic heterocycles. The number of nitrogens with zero attached hydrogens (tertiary/aromatic N) is 1. The van der Waals surface area contributed by atoms with E-state index in [1.54, 1.807) is 43.5 Å². The SMILES string of the molecule is COc1ccc(Oc2ccccc2[N+](=O)[O-])c(Br)c1. The maximum atomic E-state index is 10.9. The summed E-state index contributed by atoms with van der Waals surface area (Å²) in [7, 11) is 1.56. The highest BCUT2D eigenvalue weighted by Crippen LogP contribution is 2.36. The third-order valence-electron chi connectivity index (χ3n) is 2.42. The second kappa shape index (κ2) is 5.71. The topological polar surface area (TPSA) is 61.6 Å². The van der Waals surface area contributed by atoms with Crippen molar-refractivity contribution in [3.05, 3.63) is 57.1 Å². The Morgan fingerprint density at radius 3 is 2.53 bits per heavy atom. The first-order valence-electron chi connectivity index (χ1n) is 5.36. The van der Waals surface area contributed by atoms with Crippen LogP contribution in [-0.2, 0) is 0 Å². The molecular weight excluding hydrogens is 314 g/mol. The van der Waals surface area contributed by atoms with Crippen molar-refractivity contribution >= 4 is 21.6 Å². The van der Waals surface area contributed by atoms with Crippen LogP contribution < -0.4 is 9.47 Å². The Morgan fingerprint density at radius 2 is 1.89 bits per heavy atom. The van der Waals surface area contributed by atoms with Gasteiger partial charge in [0.2, 0.25) is 5.75 Å². The van der Waals surface area contributed by atoms with Crippen LogP contribution in [0.5, 0.6) is 17.2 Å². The van der Waals surface area contributed by atoms with Crippen molar-refractivity contribution < 1.29 is 14.4 Å². The lowest BCUT2D eigenvalue weighted by atomic mass is 10.3. The van der Waals surface area contributed by atoms with Gasteiger partial charge in [0, 0.05) is 6.07 Å². The van der Waals surface area contributed by atoms with Crippen LogP contribution in [0.1, 0.15) is 0 Å². The minimum absolute atomic E-state index is 0.0785. The van der Waals surface area contributed by atoms with E-state index in [-0.39, 0.29) is 11.4 Å². The highest BCUT2D eigenvalue weighted by Gasteiger charge is 2.15. The van der Waals surface area contributed by atoms with Crippen molar-refractivity contribution in [1.29, 1.82) is 0 Å². The number of hydrogen-bond donors (Lipinski definition) is 0. The van der Waals surface area contributed by atoms with Gasteiger partial charge in [0.05, 0.1) is 16.5 Å². The van der Waals surface area contributed by atoms with Crippen molar-refractivity contribution in [2.45, 2.75) is 0 Å². The zero-order valence-electron chi connectivity index (χ0n) is 10.00. The van der Waals surface area contributed by atoms with Crippen molar-refractivity contribution in [2.75, 3.05) is 7.11 Å². The summed E-state index contributed by atoms with van der Waals surface area (Å²) in [6, 6.07) is 11.3. The van der Waals surface area contributed by atoms with Gasteiger partial charge in [0.25, 0.3) is 0 Å². The molecule has 0 N–H and O–H groups in total.